The number of pyridine rings is 1. The van der Waals surface area contributed by atoms with Crippen molar-refractivity contribution in [3.05, 3.63) is 59.9 Å². The summed E-state index contributed by atoms with van der Waals surface area (Å²) in [4.78, 5) is 30.1. The smallest absolute Gasteiger partial charge is 0.339 e. The van der Waals surface area contributed by atoms with E-state index in [0.717, 1.165) is 25.0 Å². The summed E-state index contributed by atoms with van der Waals surface area (Å²) in [6, 6.07) is 7.16. The van der Waals surface area contributed by atoms with Crippen LogP contribution in [0.2, 0.25) is 0 Å². The van der Waals surface area contributed by atoms with E-state index >= 15 is 0 Å². The molecule has 29 heavy (non-hydrogen) atoms. The van der Waals surface area contributed by atoms with Crippen molar-refractivity contribution in [2.45, 2.75) is 19.0 Å². The van der Waals surface area contributed by atoms with Crippen LogP contribution in [0, 0.1) is 5.92 Å². The molecule has 3 rings (SSSR count). The molecule has 0 atom stereocenters. The van der Waals surface area contributed by atoms with Crippen LogP contribution >= 0.6 is 0 Å². The van der Waals surface area contributed by atoms with Crippen molar-refractivity contribution in [3.63, 3.8) is 0 Å². The molecule has 1 aliphatic heterocycles. The number of urea groups is 1. The number of anilines is 1. The molecular formula is C20H21F3N4O2. The molecule has 0 spiro atoms. The SMILES string of the molecule is O=C(NCC1CCN(C(=O)c2ccncc2)CC1)Nc1ccc(C(F)(F)F)cc1. The van der Waals surface area contributed by atoms with Gasteiger partial charge in [-0.05, 0) is 55.2 Å². The van der Waals surface area contributed by atoms with Gasteiger partial charge in [0.15, 0.2) is 0 Å². The third kappa shape index (κ3) is 5.69. The molecule has 0 unspecified atom stereocenters. The number of hydrogen-bond donors (Lipinski definition) is 2. The van der Waals surface area contributed by atoms with E-state index in [1.165, 1.54) is 12.1 Å². The molecule has 0 bridgehead atoms. The third-order valence-corrected chi connectivity index (χ3v) is 4.85. The van der Waals surface area contributed by atoms with Crippen LogP contribution in [0.25, 0.3) is 0 Å². The number of carbonyl (C=O) groups is 2. The monoisotopic (exact) mass is 406 g/mol. The lowest BCUT2D eigenvalue weighted by atomic mass is 9.96. The fourth-order valence-electron chi connectivity index (χ4n) is 3.17. The predicted molar refractivity (Wildman–Crippen MR) is 101 cm³/mol. The summed E-state index contributed by atoms with van der Waals surface area (Å²) in [6.07, 6.45) is 0.279. The minimum Gasteiger partial charge on any atom is -0.339 e. The highest BCUT2D eigenvalue weighted by Crippen LogP contribution is 2.29. The number of rotatable bonds is 4. The second-order valence-corrected chi connectivity index (χ2v) is 6.88. The first-order valence-electron chi connectivity index (χ1n) is 9.24. The van der Waals surface area contributed by atoms with Crippen LogP contribution in [-0.4, -0.2) is 41.5 Å². The van der Waals surface area contributed by atoms with Crippen molar-refractivity contribution in [2.75, 3.05) is 25.0 Å². The number of aromatic nitrogens is 1. The number of piperidine rings is 1. The van der Waals surface area contributed by atoms with Gasteiger partial charge < -0.3 is 15.5 Å². The Labute approximate surface area is 166 Å². The first-order valence-corrected chi connectivity index (χ1v) is 9.24. The van der Waals surface area contributed by atoms with Crippen molar-refractivity contribution in [2.24, 2.45) is 5.92 Å². The van der Waals surface area contributed by atoms with E-state index in [2.05, 4.69) is 15.6 Å². The van der Waals surface area contributed by atoms with Gasteiger partial charge in [0.1, 0.15) is 0 Å². The normalized spacial score (nSPS) is 15.1. The first kappa shape index (κ1) is 20.6. The Kier molecular flexibility index (Phi) is 6.36. The van der Waals surface area contributed by atoms with Crippen LogP contribution in [-0.2, 0) is 6.18 Å². The lowest BCUT2D eigenvalue weighted by Crippen LogP contribution is -2.42. The van der Waals surface area contributed by atoms with E-state index in [-0.39, 0.29) is 17.5 Å². The Morgan fingerprint density at radius 1 is 1.03 bits per heavy atom. The van der Waals surface area contributed by atoms with Crippen LogP contribution in [0.4, 0.5) is 23.7 Å². The summed E-state index contributed by atoms with van der Waals surface area (Å²) in [5, 5.41) is 5.26. The van der Waals surface area contributed by atoms with Crippen molar-refractivity contribution >= 4 is 17.6 Å². The van der Waals surface area contributed by atoms with Gasteiger partial charge in [-0.1, -0.05) is 0 Å². The van der Waals surface area contributed by atoms with Gasteiger partial charge in [0, 0.05) is 43.3 Å². The zero-order chi connectivity index (χ0) is 20.9. The standard InChI is InChI=1S/C20H21F3N4O2/c21-20(22,23)16-1-3-17(4-2-16)26-19(29)25-13-14-7-11-27(12-8-14)18(28)15-5-9-24-10-6-15/h1-6,9-10,14H,7-8,11-13H2,(H2,25,26,29). The zero-order valence-corrected chi connectivity index (χ0v) is 15.6. The molecule has 6 nitrogen and oxygen atoms in total. The van der Waals surface area contributed by atoms with Crippen LogP contribution in [0.5, 0.6) is 0 Å². The van der Waals surface area contributed by atoms with Gasteiger partial charge in [0.25, 0.3) is 5.91 Å². The van der Waals surface area contributed by atoms with Crippen molar-refractivity contribution in [3.8, 4) is 0 Å². The maximum Gasteiger partial charge on any atom is 0.416 e. The van der Waals surface area contributed by atoms with Crippen LogP contribution in [0.3, 0.4) is 0 Å². The number of likely N-dealkylation sites (tertiary alicyclic amines) is 1. The van der Waals surface area contributed by atoms with E-state index < -0.39 is 17.8 Å². The number of nitrogens with zero attached hydrogens (tertiary/aromatic N) is 2. The van der Waals surface area contributed by atoms with Crippen molar-refractivity contribution < 1.29 is 22.8 Å². The number of hydrogen-bond acceptors (Lipinski definition) is 3. The Morgan fingerprint density at radius 3 is 2.24 bits per heavy atom. The molecule has 3 amide bonds. The molecule has 1 aromatic carbocycles. The molecular weight excluding hydrogens is 385 g/mol. The highest BCUT2D eigenvalue weighted by molar-refractivity contribution is 5.94. The third-order valence-electron chi connectivity index (χ3n) is 4.85. The highest BCUT2D eigenvalue weighted by Gasteiger charge is 2.30. The molecule has 2 heterocycles. The molecule has 0 aliphatic carbocycles. The fraction of sp³-hybridized carbons (Fsp3) is 0.350. The molecule has 1 aliphatic rings. The quantitative estimate of drug-likeness (QED) is 0.812. The van der Waals surface area contributed by atoms with Gasteiger partial charge in [-0.3, -0.25) is 9.78 Å². The summed E-state index contributed by atoms with van der Waals surface area (Å²) < 4.78 is 37.7. The summed E-state index contributed by atoms with van der Waals surface area (Å²) in [7, 11) is 0. The maximum absolute atomic E-state index is 12.6. The lowest BCUT2D eigenvalue weighted by Gasteiger charge is -2.32. The molecule has 0 saturated carbocycles. The minimum atomic E-state index is -4.41. The largest absolute Gasteiger partial charge is 0.416 e. The van der Waals surface area contributed by atoms with Gasteiger partial charge >= 0.3 is 12.2 Å². The zero-order valence-electron chi connectivity index (χ0n) is 15.6. The second kappa shape index (κ2) is 8.93. The van der Waals surface area contributed by atoms with Gasteiger partial charge in [0.05, 0.1) is 5.56 Å². The summed E-state index contributed by atoms with van der Waals surface area (Å²) in [6.45, 7) is 1.64. The number of alkyl halides is 3. The molecule has 9 heteroatoms. The molecule has 2 aromatic rings. The van der Waals surface area contributed by atoms with Crippen LogP contribution in [0.1, 0.15) is 28.8 Å². The summed E-state index contributed by atoms with van der Waals surface area (Å²) >= 11 is 0. The Bertz CT molecular complexity index is 833. The lowest BCUT2D eigenvalue weighted by molar-refractivity contribution is -0.137. The molecule has 1 saturated heterocycles. The first-order chi connectivity index (χ1) is 13.8. The van der Waals surface area contributed by atoms with Gasteiger partial charge in [-0.15, -0.1) is 0 Å². The van der Waals surface area contributed by atoms with E-state index in [1.54, 1.807) is 29.4 Å². The van der Waals surface area contributed by atoms with Crippen LogP contribution in [0.15, 0.2) is 48.8 Å². The number of carbonyl (C=O) groups excluding carboxylic acids is 2. The topological polar surface area (TPSA) is 74.3 Å². The average molecular weight is 406 g/mol. The second-order valence-electron chi connectivity index (χ2n) is 6.88. The Balaban J connectivity index is 1.41. The molecule has 154 valence electrons. The maximum atomic E-state index is 12.6. The summed E-state index contributed by atoms with van der Waals surface area (Å²) in [5.41, 5.74) is 0.122. The van der Waals surface area contributed by atoms with Gasteiger partial charge in [0.2, 0.25) is 0 Å². The Morgan fingerprint density at radius 2 is 1.66 bits per heavy atom. The van der Waals surface area contributed by atoms with E-state index in [9.17, 15) is 22.8 Å². The van der Waals surface area contributed by atoms with Gasteiger partial charge in [-0.25, -0.2) is 4.79 Å². The number of halogens is 3. The highest BCUT2D eigenvalue weighted by atomic mass is 19.4. The average Bonchev–Trinajstić information content (AvgIpc) is 2.72. The van der Waals surface area contributed by atoms with E-state index in [1.807, 2.05) is 0 Å². The molecule has 2 N–H and O–H groups in total. The molecule has 0 radical (unpaired) electrons. The minimum absolute atomic E-state index is 0.0288. The molecule has 1 fully saturated rings. The predicted octanol–water partition coefficient (Wildman–Crippen LogP) is 3.77. The number of nitrogens with one attached hydrogen (secondary N) is 2. The van der Waals surface area contributed by atoms with Crippen molar-refractivity contribution in [1.82, 2.24) is 15.2 Å². The Hall–Kier alpha value is -3.10. The fourth-order valence-corrected chi connectivity index (χ4v) is 3.17. The number of benzene rings is 1. The van der Waals surface area contributed by atoms with Crippen LogP contribution < -0.4 is 10.6 Å². The van der Waals surface area contributed by atoms with Crippen molar-refractivity contribution in [1.29, 1.82) is 0 Å². The number of amides is 3. The van der Waals surface area contributed by atoms with E-state index in [0.29, 0.717) is 25.2 Å². The van der Waals surface area contributed by atoms with Gasteiger partial charge in [-0.2, -0.15) is 13.2 Å². The summed E-state index contributed by atoms with van der Waals surface area (Å²) in [5.74, 6) is 0.203. The van der Waals surface area contributed by atoms with E-state index in [4.69, 9.17) is 0 Å². The molecule has 1 aromatic heterocycles.